The first-order valence-electron chi connectivity index (χ1n) is 10.4. The predicted octanol–water partition coefficient (Wildman–Crippen LogP) is 4.59. The molecule has 0 spiro atoms. The smallest absolute Gasteiger partial charge is 0.232 e. The van der Waals surface area contributed by atoms with Crippen LogP contribution < -0.4 is 9.62 Å². The second-order valence-corrected chi connectivity index (χ2v) is 9.56. The topological polar surface area (TPSA) is 66.5 Å². The Bertz CT molecular complexity index is 1170. The Labute approximate surface area is 188 Å². The summed E-state index contributed by atoms with van der Waals surface area (Å²) in [4.78, 5) is 12.8. The number of nitrogens with zero attached hydrogens (tertiary/aromatic N) is 1. The summed E-state index contributed by atoms with van der Waals surface area (Å²) in [6, 6.07) is 22.9. The van der Waals surface area contributed by atoms with Crippen LogP contribution in [0.25, 0.3) is 0 Å². The van der Waals surface area contributed by atoms with E-state index in [0.717, 1.165) is 27.3 Å². The lowest BCUT2D eigenvalue weighted by molar-refractivity contribution is -0.121. The lowest BCUT2D eigenvalue weighted by Gasteiger charge is -2.24. The molecule has 0 unspecified atom stereocenters. The highest BCUT2D eigenvalue weighted by atomic mass is 32.2. The van der Waals surface area contributed by atoms with Crippen LogP contribution in [0.15, 0.2) is 78.9 Å². The minimum Gasteiger partial charge on any atom is -0.345 e. The molecule has 0 radical (unpaired) electrons. The van der Waals surface area contributed by atoms with E-state index in [1.54, 1.807) is 6.07 Å². The molecule has 0 aliphatic rings. The van der Waals surface area contributed by atoms with Crippen LogP contribution in [-0.4, -0.2) is 27.1 Å². The molecule has 0 bridgehead atoms. The maximum Gasteiger partial charge on any atom is 0.232 e. The van der Waals surface area contributed by atoms with Crippen LogP contribution in [0.3, 0.4) is 0 Å². The maximum atomic E-state index is 14.2. The number of carbonyl (C=O) groups excluding carboxylic acids is 1. The van der Waals surface area contributed by atoms with Gasteiger partial charge in [0.2, 0.25) is 15.9 Å². The van der Waals surface area contributed by atoms with Gasteiger partial charge in [0.25, 0.3) is 0 Å². The monoisotopic (exact) mass is 454 g/mol. The molecular weight excluding hydrogens is 427 g/mol. The van der Waals surface area contributed by atoms with Gasteiger partial charge in [-0.15, -0.1) is 0 Å². The Morgan fingerprint density at radius 3 is 2.25 bits per heavy atom. The lowest BCUT2D eigenvalue weighted by atomic mass is 9.95. The molecule has 5 nitrogen and oxygen atoms in total. The van der Waals surface area contributed by atoms with Gasteiger partial charge in [-0.05, 0) is 42.2 Å². The van der Waals surface area contributed by atoms with Crippen molar-refractivity contribution in [3.63, 3.8) is 0 Å². The molecular formula is C25H27FN2O3S. The largest absolute Gasteiger partial charge is 0.345 e. The van der Waals surface area contributed by atoms with Crippen molar-refractivity contribution in [3.05, 3.63) is 101 Å². The first-order chi connectivity index (χ1) is 15.3. The number of hydrogen-bond acceptors (Lipinski definition) is 3. The SMILES string of the molecule is Cc1ccccc1[C@@H](NC(=O)CCCN(c1ccccc1F)S(C)(=O)=O)c1ccccc1. The summed E-state index contributed by atoms with van der Waals surface area (Å²) in [5.41, 5.74) is 3.00. The molecule has 0 aliphatic carbocycles. The van der Waals surface area contributed by atoms with E-state index in [1.165, 1.54) is 18.2 Å². The van der Waals surface area contributed by atoms with Gasteiger partial charge in [-0.2, -0.15) is 0 Å². The number of amides is 1. The summed E-state index contributed by atoms with van der Waals surface area (Å²) in [6.45, 7) is 2.00. The van der Waals surface area contributed by atoms with Gasteiger partial charge in [0.1, 0.15) is 5.82 Å². The molecule has 3 rings (SSSR count). The van der Waals surface area contributed by atoms with Crippen LogP contribution in [0.5, 0.6) is 0 Å². The molecule has 0 heterocycles. The van der Waals surface area contributed by atoms with E-state index in [1.807, 2.05) is 61.5 Å². The highest BCUT2D eigenvalue weighted by Gasteiger charge is 2.22. The average molecular weight is 455 g/mol. The standard InChI is InChI=1S/C25H27FN2O3S/c1-19-11-6-7-14-21(19)25(20-12-4-3-5-13-20)27-24(29)17-10-18-28(32(2,30)31)23-16-9-8-15-22(23)26/h3-9,11-16,25H,10,17-18H2,1-2H3,(H,27,29)/t25-/m0/s1. The minimum absolute atomic E-state index is 0.00750. The van der Waals surface area contributed by atoms with Crippen molar-refractivity contribution in [2.75, 3.05) is 17.1 Å². The zero-order valence-corrected chi connectivity index (χ0v) is 19.0. The summed E-state index contributed by atoms with van der Waals surface area (Å²) < 4.78 is 39.6. The highest BCUT2D eigenvalue weighted by molar-refractivity contribution is 7.92. The van der Waals surface area contributed by atoms with Gasteiger partial charge in [-0.3, -0.25) is 9.10 Å². The summed E-state index contributed by atoms with van der Waals surface area (Å²) in [5, 5.41) is 3.07. The van der Waals surface area contributed by atoms with Gasteiger partial charge in [-0.1, -0.05) is 66.7 Å². The number of aryl methyl sites for hydroxylation is 1. The lowest BCUT2D eigenvalue weighted by Crippen LogP contribution is -2.33. The van der Waals surface area contributed by atoms with Crippen LogP contribution in [0.4, 0.5) is 10.1 Å². The quantitative estimate of drug-likeness (QED) is 0.514. The molecule has 0 fully saturated rings. The first kappa shape index (κ1) is 23.5. The van der Waals surface area contributed by atoms with Gasteiger partial charge in [0.05, 0.1) is 18.0 Å². The molecule has 1 N–H and O–H groups in total. The zero-order valence-electron chi connectivity index (χ0n) is 18.2. The number of para-hydroxylation sites is 1. The normalized spacial score (nSPS) is 12.2. The summed E-state index contributed by atoms with van der Waals surface area (Å²) in [7, 11) is -3.69. The van der Waals surface area contributed by atoms with Gasteiger partial charge < -0.3 is 5.32 Å². The second-order valence-electron chi connectivity index (χ2n) is 7.66. The Kier molecular flexibility index (Phi) is 7.64. The van der Waals surface area contributed by atoms with E-state index in [0.29, 0.717) is 0 Å². The van der Waals surface area contributed by atoms with Crippen molar-refractivity contribution >= 4 is 21.6 Å². The number of anilines is 1. The molecule has 0 saturated heterocycles. The van der Waals surface area contributed by atoms with Gasteiger partial charge >= 0.3 is 0 Å². The van der Waals surface area contributed by atoms with Crippen LogP contribution in [0, 0.1) is 12.7 Å². The number of nitrogens with one attached hydrogen (secondary N) is 1. The van der Waals surface area contributed by atoms with Crippen molar-refractivity contribution in [2.24, 2.45) is 0 Å². The third kappa shape index (κ3) is 5.95. The fourth-order valence-electron chi connectivity index (χ4n) is 3.63. The fraction of sp³-hybridized carbons (Fsp3) is 0.240. The maximum absolute atomic E-state index is 14.2. The van der Waals surface area contributed by atoms with Gasteiger partial charge in [0, 0.05) is 13.0 Å². The molecule has 3 aromatic carbocycles. The van der Waals surface area contributed by atoms with Crippen molar-refractivity contribution in [3.8, 4) is 0 Å². The number of rotatable bonds is 9. The Morgan fingerprint density at radius 1 is 0.969 bits per heavy atom. The van der Waals surface area contributed by atoms with E-state index in [4.69, 9.17) is 0 Å². The second kappa shape index (κ2) is 10.4. The van der Waals surface area contributed by atoms with Gasteiger partial charge in [0.15, 0.2) is 0 Å². The molecule has 0 saturated carbocycles. The minimum atomic E-state index is -3.69. The van der Waals surface area contributed by atoms with Crippen LogP contribution >= 0.6 is 0 Å². The van der Waals surface area contributed by atoms with E-state index < -0.39 is 15.8 Å². The molecule has 1 atom stereocenters. The first-order valence-corrected chi connectivity index (χ1v) is 12.2. The fourth-order valence-corrected chi connectivity index (χ4v) is 4.60. The Balaban J connectivity index is 1.71. The number of benzene rings is 3. The number of halogens is 1. The molecule has 0 aliphatic heterocycles. The zero-order chi connectivity index (χ0) is 23.1. The Hall–Kier alpha value is -3.19. The van der Waals surface area contributed by atoms with Crippen LogP contribution in [-0.2, 0) is 14.8 Å². The predicted molar refractivity (Wildman–Crippen MR) is 125 cm³/mol. The summed E-state index contributed by atoms with van der Waals surface area (Å²) in [6.07, 6.45) is 1.39. The van der Waals surface area contributed by atoms with Crippen molar-refractivity contribution in [2.45, 2.75) is 25.8 Å². The summed E-state index contributed by atoms with van der Waals surface area (Å²) in [5.74, 6) is -0.824. The number of carbonyl (C=O) groups is 1. The summed E-state index contributed by atoms with van der Waals surface area (Å²) >= 11 is 0. The number of hydrogen-bond donors (Lipinski definition) is 1. The van der Waals surface area contributed by atoms with Crippen molar-refractivity contribution < 1.29 is 17.6 Å². The molecule has 168 valence electrons. The van der Waals surface area contributed by atoms with E-state index in [9.17, 15) is 17.6 Å². The Morgan fingerprint density at radius 2 is 1.59 bits per heavy atom. The van der Waals surface area contributed by atoms with Crippen molar-refractivity contribution in [1.29, 1.82) is 0 Å². The number of sulfonamides is 1. The molecule has 0 aromatic heterocycles. The third-order valence-electron chi connectivity index (χ3n) is 5.22. The average Bonchev–Trinajstić information content (AvgIpc) is 2.76. The van der Waals surface area contributed by atoms with Crippen LogP contribution in [0.2, 0.25) is 0 Å². The van der Waals surface area contributed by atoms with E-state index >= 15 is 0 Å². The van der Waals surface area contributed by atoms with E-state index in [2.05, 4.69) is 5.32 Å². The molecule has 3 aromatic rings. The van der Waals surface area contributed by atoms with Gasteiger partial charge in [-0.25, -0.2) is 12.8 Å². The molecule has 32 heavy (non-hydrogen) atoms. The molecule has 1 amide bonds. The highest BCUT2D eigenvalue weighted by Crippen LogP contribution is 2.25. The van der Waals surface area contributed by atoms with Crippen LogP contribution in [0.1, 0.15) is 35.6 Å². The van der Waals surface area contributed by atoms with E-state index in [-0.39, 0.29) is 37.0 Å². The third-order valence-corrected chi connectivity index (χ3v) is 6.40. The molecule has 7 heteroatoms. The van der Waals surface area contributed by atoms with Crippen molar-refractivity contribution in [1.82, 2.24) is 5.32 Å².